The van der Waals surface area contributed by atoms with E-state index in [1.165, 1.54) is 11.8 Å². The van der Waals surface area contributed by atoms with Gasteiger partial charge in [0, 0.05) is 12.2 Å². The molecule has 0 spiro atoms. The molecule has 0 radical (unpaired) electrons. The standard InChI is InChI=1S/C16H23N3O7S/c17-9(16(25)26)5-6-13(21)19-10(15(24)18-7-14(22)23)8-27-12-4-2-1-3-11(12)20/h1-4,9-12,20H,5-8,17H2,(H,18,24)(H,19,21)(H,22,23)(H,25,26)/t9?,10?,11-,12-/m0/s1. The van der Waals surface area contributed by atoms with Crippen LogP contribution in [0.4, 0.5) is 0 Å². The molecule has 0 aromatic carbocycles. The largest absolute Gasteiger partial charge is 0.480 e. The number of aliphatic hydroxyl groups is 1. The maximum absolute atomic E-state index is 12.2. The van der Waals surface area contributed by atoms with Gasteiger partial charge in [0.25, 0.3) is 0 Å². The molecule has 4 atom stereocenters. The van der Waals surface area contributed by atoms with Crippen molar-refractivity contribution < 1.29 is 34.5 Å². The van der Waals surface area contributed by atoms with Crippen molar-refractivity contribution in [3.8, 4) is 0 Å². The van der Waals surface area contributed by atoms with E-state index in [9.17, 15) is 24.3 Å². The van der Waals surface area contributed by atoms with Gasteiger partial charge in [-0.3, -0.25) is 19.2 Å². The molecule has 27 heavy (non-hydrogen) atoms. The lowest BCUT2D eigenvalue weighted by Gasteiger charge is -2.23. The molecule has 150 valence electrons. The van der Waals surface area contributed by atoms with Crippen molar-refractivity contribution in [2.45, 2.75) is 36.3 Å². The SMILES string of the molecule is NC(CCC(=O)NC(CS[C@H]1C=CC=C[C@@H]1O)C(=O)NCC(=O)O)C(=O)O. The number of allylic oxidation sites excluding steroid dienone is 2. The molecule has 0 saturated heterocycles. The van der Waals surface area contributed by atoms with Gasteiger partial charge in [-0.2, -0.15) is 0 Å². The van der Waals surface area contributed by atoms with Crippen LogP contribution in [0, 0.1) is 0 Å². The quantitative estimate of drug-likeness (QED) is 0.239. The number of aliphatic hydroxyl groups excluding tert-OH is 1. The number of hydrogen-bond acceptors (Lipinski definition) is 7. The van der Waals surface area contributed by atoms with Crippen molar-refractivity contribution in [3.05, 3.63) is 24.3 Å². The molecule has 1 rings (SSSR count). The molecule has 2 amide bonds. The zero-order valence-electron chi connectivity index (χ0n) is 14.4. The molecule has 1 aliphatic rings. The van der Waals surface area contributed by atoms with Crippen molar-refractivity contribution in [1.82, 2.24) is 10.6 Å². The van der Waals surface area contributed by atoms with Gasteiger partial charge in [0.2, 0.25) is 11.8 Å². The van der Waals surface area contributed by atoms with Crippen LogP contribution in [0.1, 0.15) is 12.8 Å². The highest BCUT2D eigenvalue weighted by Gasteiger charge is 2.25. The summed E-state index contributed by atoms with van der Waals surface area (Å²) in [6.07, 6.45) is 5.72. The lowest BCUT2D eigenvalue weighted by Crippen LogP contribution is -2.50. The zero-order valence-corrected chi connectivity index (χ0v) is 15.2. The number of aliphatic carboxylic acids is 2. The van der Waals surface area contributed by atoms with Crippen LogP contribution in [-0.4, -0.2) is 74.8 Å². The van der Waals surface area contributed by atoms with Gasteiger partial charge in [-0.1, -0.05) is 24.3 Å². The third kappa shape index (κ3) is 8.71. The molecule has 0 saturated carbocycles. The molecular formula is C16H23N3O7S. The summed E-state index contributed by atoms with van der Waals surface area (Å²) < 4.78 is 0. The first kappa shape index (κ1) is 22.7. The third-order valence-corrected chi connectivity index (χ3v) is 4.92. The predicted molar refractivity (Wildman–Crippen MR) is 98.0 cm³/mol. The summed E-state index contributed by atoms with van der Waals surface area (Å²) in [7, 11) is 0. The number of hydrogen-bond donors (Lipinski definition) is 6. The summed E-state index contributed by atoms with van der Waals surface area (Å²) in [5, 5.41) is 31.6. The van der Waals surface area contributed by atoms with E-state index < -0.39 is 48.5 Å². The Balaban J connectivity index is 2.63. The first-order valence-corrected chi connectivity index (χ1v) is 9.17. The van der Waals surface area contributed by atoms with Crippen molar-refractivity contribution >= 4 is 35.5 Å². The summed E-state index contributed by atoms with van der Waals surface area (Å²) in [4.78, 5) is 45.5. The van der Waals surface area contributed by atoms with Crippen LogP contribution >= 0.6 is 11.8 Å². The van der Waals surface area contributed by atoms with Gasteiger partial charge in [-0.25, -0.2) is 0 Å². The molecule has 11 heteroatoms. The van der Waals surface area contributed by atoms with Crippen molar-refractivity contribution in [1.29, 1.82) is 0 Å². The van der Waals surface area contributed by atoms with E-state index in [0.717, 1.165) is 0 Å². The van der Waals surface area contributed by atoms with Gasteiger partial charge in [-0.05, 0) is 6.42 Å². The van der Waals surface area contributed by atoms with E-state index in [4.69, 9.17) is 15.9 Å². The van der Waals surface area contributed by atoms with Gasteiger partial charge >= 0.3 is 11.9 Å². The minimum absolute atomic E-state index is 0.0854. The first-order chi connectivity index (χ1) is 12.7. The molecule has 0 aromatic rings. The lowest BCUT2D eigenvalue weighted by molar-refractivity contribution is -0.139. The Bertz CT molecular complexity index is 623. The zero-order chi connectivity index (χ0) is 20.4. The Morgan fingerprint density at radius 1 is 1.15 bits per heavy atom. The van der Waals surface area contributed by atoms with Gasteiger partial charge in [-0.15, -0.1) is 11.8 Å². The number of nitrogens with one attached hydrogen (secondary N) is 2. The topological polar surface area (TPSA) is 179 Å². The Morgan fingerprint density at radius 3 is 2.41 bits per heavy atom. The van der Waals surface area contributed by atoms with E-state index in [0.29, 0.717) is 0 Å². The van der Waals surface area contributed by atoms with E-state index >= 15 is 0 Å². The second kappa shape index (κ2) is 11.4. The lowest BCUT2D eigenvalue weighted by atomic mass is 10.1. The number of carbonyl (C=O) groups is 4. The molecule has 0 bridgehead atoms. The van der Waals surface area contributed by atoms with E-state index in [1.807, 2.05) is 0 Å². The fourth-order valence-corrected chi connectivity index (χ4v) is 3.22. The molecule has 10 nitrogen and oxygen atoms in total. The molecule has 2 unspecified atom stereocenters. The van der Waals surface area contributed by atoms with E-state index in [2.05, 4.69) is 10.6 Å². The van der Waals surface area contributed by atoms with Gasteiger partial charge < -0.3 is 31.7 Å². The average Bonchev–Trinajstić information content (AvgIpc) is 2.62. The molecular weight excluding hydrogens is 378 g/mol. The molecule has 0 aromatic heterocycles. The third-order valence-electron chi connectivity index (χ3n) is 3.58. The number of nitrogens with two attached hydrogens (primary N) is 1. The van der Waals surface area contributed by atoms with E-state index in [-0.39, 0.29) is 23.8 Å². The van der Waals surface area contributed by atoms with Gasteiger partial charge in [0.05, 0.1) is 11.4 Å². The van der Waals surface area contributed by atoms with Crippen LogP contribution in [-0.2, 0) is 19.2 Å². The number of carboxylic acids is 2. The fraction of sp³-hybridized carbons (Fsp3) is 0.500. The Morgan fingerprint density at radius 2 is 1.81 bits per heavy atom. The summed E-state index contributed by atoms with van der Waals surface area (Å²) in [6, 6.07) is -2.24. The van der Waals surface area contributed by atoms with Crippen molar-refractivity contribution in [3.63, 3.8) is 0 Å². The first-order valence-electron chi connectivity index (χ1n) is 8.12. The predicted octanol–water partition coefficient (Wildman–Crippen LogP) is -1.55. The highest BCUT2D eigenvalue weighted by atomic mass is 32.2. The molecule has 0 fully saturated rings. The Kier molecular flexibility index (Phi) is 9.54. The van der Waals surface area contributed by atoms with Gasteiger partial charge in [0.15, 0.2) is 0 Å². The summed E-state index contributed by atoms with van der Waals surface area (Å²) >= 11 is 1.22. The van der Waals surface area contributed by atoms with Crippen LogP contribution in [0.25, 0.3) is 0 Å². The minimum atomic E-state index is -1.24. The Hall–Kier alpha value is -2.37. The van der Waals surface area contributed by atoms with Crippen molar-refractivity contribution in [2.24, 2.45) is 5.73 Å². The maximum Gasteiger partial charge on any atom is 0.322 e. The van der Waals surface area contributed by atoms with Crippen molar-refractivity contribution in [2.75, 3.05) is 12.3 Å². The Labute approximate surface area is 159 Å². The highest BCUT2D eigenvalue weighted by Crippen LogP contribution is 2.21. The number of carbonyl (C=O) groups excluding carboxylic acids is 2. The second-order valence-corrected chi connectivity index (χ2v) is 6.98. The van der Waals surface area contributed by atoms with Crippen LogP contribution in [0.3, 0.4) is 0 Å². The number of carboxylic acid groups (broad SMARTS) is 2. The van der Waals surface area contributed by atoms with Crippen LogP contribution in [0.5, 0.6) is 0 Å². The molecule has 1 aliphatic carbocycles. The summed E-state index contributed by atoms with van der Waals surface area (Å²) in [5.74, 6) is -3.65. The maximum atomic E-state index is 12.2. The number of rotatable bonds is 11. The minimum Gasteiger partial charge on any atom is -0.480 e. The van der Waals surface area contributed by atoms with E-state index in [1.54, 1.807) is 24.3 Å². The second-order valence-electron chi connectivity index (χ2n) is 5.77. The average molecular weight is 401 g/mol. The molecule has 0 aliphatic heterocycles. The van der Waals surface area contributed by atoms with Crippen LogP contribution in [0.2, 0.25) is 0 Å². The van der Waals surface area contributed by atoms with Crippen LogP contribution in [0.15, 0.2) is 24.3 Å². The monoisotopic (exact) mass is 401 g/mol. The summed E-state index contributed by atoms with van der Waals surface area (Å²) in [6.45, 7) is -0.603. The molecule has 7 N–H and O–H groups in total. The number of thioether (sulfide) groups is 1. The number of amides is 2. The smallest absolute Gasteiger partial charge is 0.322 e. The highest BCUT2D eigenvalue weighted by molar-refractivity contribution is 8.00. The van der Waals surface area contributed by atoms with Gasteiger partial charge in [0.1, 0.15) is 18.6 Å². The summed E-state index contributed by atoms with van der Waals surface area (Å²) in [5.41, 5.74) is 5.34. The normalized spacial score (nSPS) is 20.5. The van der Waals surface area contributed by atoms with Crippen LogP contribution < -0.4 is 16.4 Å². The fourth-order valence-electron chi connectivity index (χ4n) is 2.08. The molecule has 0 heterocycles.